The lowest BCUT2D eigenvalue weighted by molar-refractivity contribution is 0.135. The van der Waals surface area contributed by atoms with Crippen molar-refractivity contribution in [2.24, 2.45) is 0 Å². The van der Waals surface area contributed by atoms with Crippen molar-refractivity contribution in [3.05, 3.63) is 0 Å². The van der Waals surface area contributed by atoms with Crippen LogP contribution in [-0.4, -0.2) is 31.0 Å². The first-order valence-corrected chi connectivity index (χ1v) is 4.25. The van der Waals surface area contributed by atoms with E-state index in [1.165, 1.54) is 0 Å². The largest absolute Gasteiger partial charge is 0.465 e. The van der Waals surface area contributed by atoms with Crippen LogP contribution in [0.25, 0.3) is 0 Å². The Kier molecular flexibility index (Phi) is 8.06. The van der Waals surface area contributed by atoms with Gasteiger partial charge in [-0.15, -0.1) is 12.3 Å². The van der Waals surface area contributed by atoms with Gasteiger partial charge < -0.3 is 15.2 Å². The van der Waals surface area contributed by atoms with Crippen molar-refractivity contribution in [1.29, 1.82) is 0 Å². The normalized spacial score (nSPS) is 9.15. The Morgan fingerprint density at radius 3 is 2.85 bits per heavy atom. The highest BCUT2D eigenvalue weighted by Gasteiger charge is 1.93. The maximum Gasteiger partial charge on any atom is 0.404 e. The summed E-state index contributed by atoms with van der Waals surface area (Å²) in [4.78, 5) is 10.0. The van der Waals surface area contributed by atoms with E-state index >= 15 is 0 Å². The number of terminal acetylenes is 1. The molecule has 4 heteroatoms. The second-order valence-electron chi connectivity index (χ2n) is 2.51. The molecule has 0 aliphatic carbocycles. The van der Waals surface area contributed by atoms with Crippen molar-refractivity contribution in [2.45, 2.75) is 19.3 Å². The summed E-state index contributed by atoms with van der Waals surface area (Å²) in [5.41, 5.74) is 0. The summed E-state index contributed by atoms with van der Waals surface area (Å²) >= 11 is 0. The van der Waals surface area contributed by atoms with E-state index < -0.39 is 6.09 Å². The minimum Gasteiger partial charge on any atom is -0.465 e. The third-order valence-electron chi connectivity index (χ3n) is 1.38. The average molecular weight is 185 g/mol. The molecule has 0 radical (unpaired) electrons. The molecule has 74 valence electrons. The lowest BCUT2D eigenvalue weighted by atomic mass is 10.3. The summed E-state index contributed by atoms with van der Waals surface area (Å²) in [6.45, 7) is 1.71. The number of ether oxygens (including phenoxy) is 1. The van der Waals surface area contributed by atoms with Crippen LogP contribution in [0.1, 0.15) is 19.3 Å². The Labute approximate surface area is 78.3 Å². The van der Waals surface area contributed by atoms with Gasteiger partial charge in [-0.2, -0.15) is 0 Å². The highest BCUT2D eigenvalue weighted by Crippen LogP contribution is 1.89. The lowest BCUT2D eigenvalue weighted by Crippen LogP contribution is -2.22. The third-order valence-corrected chi connectivity index (χ3v) is 1.38. The zero-order valence-electron chi connectivity index (χ0n) is 7.58. The highest BCUT2D eigenvalue weighted by molar-refractivity contribution is 5.64. The van der Waals surface area contributed by atoms with Crippen LogP contribution in [0.4, 0.5) is 4.79 Å². The molecule has 4 nitrogen and oxygen atoms in total. The number of carbonyl (C=O) groups is 1. The molecule has 1 amide bonds. The van der Waals surface area contributed by atoms with E-state index in [4.69, 9.17) is 16.3 Å². The van der Waals surface area contributed by atoms with E-state index in [0.29, 0.717) is 26.2 Å². The smallest absolute Gasteiger partial charge is 0.404 e. The first-order valence-electron chi connectivity index (χ1n) is 4.25. The molecule has 0 bridgehead atoms. The summed E-state index contributed by atoms with van der Waals surface area (Å²) in [6, 6.07) is 0. The molecule has 0 saturated heterocycles. The Morgan fingerprint density at radius 1 is 1.46 bits per heavy atom. The van der Waals surface area contributed by atoms with Crippen LogP contribution in [-0.2, 0) is 4.74 Å². The van der Waals surface area contributed by atoms with Gasteiger partial charge in [-0.05, 0) is 12.8 Å². The molecule has 0 saturated carbocycles. The summed E-state index contributed by atoms with van der Waals surface area (Å²) in [6.07, 6.45) is 6.32. The van der Waals surface area contributed by atoms with Gasteiger partial charge in [0.15, 0.2) is 0 Å². The molecule has 0 unspecified atom stereocenters. The first-order chi connectivity index (χ1) is 6.27. The zero-order valence-corrected chi connectivity index (χ0v) is 7.58. The summed E-state index contributed by atoms with van der Waals surface area (Å²) in [7, 11) is 0. The molecule has 0 heterocycles. The van der Waals surface area contributed by atoms with Crippen LogP contribution >= 0.6 is 0 Å². The first kappa shape index (κ1) is 11.8. The van der Waals surface area contributed by atoms with Crippen LogP contribution in [0.2, 0.25) is 0 Å². The van der Waals surface area contributed by atoms with E-state index in [1.807, 2.05) is 0 Å². The number of hydrogen-bond acceptors (Lipinski definition) is 2. The van der Waals surface area contributed by atoms with Crippen molar-refractivity contribution >= 4 is 6.09 Å². The van der Waals surface area contributed by atoms with Crippen LogP contribution in [0.5, 0.6) is 0 Å². The van der Waals surface area contributed by atoms with Crippen LogP contribution in [0, 0.1) is 12.3 Å². The monoisotopic (exact) mass is 185 g/mol. The predicted octanol–water partition coefficient (Wildman–Crippen LogP) is 1.07. The number of amides is 1. The Balaban J connectivity index is 2.92. The van der Waals surface area contributed by atoms with Gasteiger partial charge in [-0.25, -0.2) is 4.79 Å². The quantitative estimate of drug-likeness (QED) is 0.461. The fraction of sp³-hybridized carbons (Fsp3) is 0.667. The molecule has 0 fully saturated rings. The highest BCUT2D eigenvalue weighted by atomic mass is 16.5. The number of unbranched alkanes of at least 4 members (excludes halogenated alkanes) is 1. The summed E-state index contributed by atoms with van der Waals surface area (Å²) in [5, 5.41) is 10.5. The maximum atomic E-state index is 10.0. The molecular formula is C9H15NO3. The molecule has 13 heavy (non-hydrogen) atoms. The van der Waals surface area contributed by atoms with E-state index in [2.05, 4.69) is 11.2 Å². The van der Waals surface area contributed by atoms with Crippen LogP contribution in [0.3, 0.4) is 0 Å². The Bertz CT molecular complexity index is 174. The van der Waals surface area contributed by atoms with Gasteiger partial charge in [0, 0.05) is 19.6 Å². The van der Waals surface area contributed by atoms with E-state index in [-0.39, 0.29) is 0 Å². The second-order valence-corrected chi connectivity index (χ2v) is 2.51. The molecule has 0 aliphatic heterocycles. The molecular weight excluding hydrogens is 170 g/mol. The van der Waals surface area contributed by atoms with Gasteiger partial charge in [-0.3, -0.25) is 0 Å². The maximum absolute atomic E-state index is 10.0. The fourth-order valence-corrected chi connectivity index (χ4v) is 0.758. The van der Waals surface area contributed by atoms with Gasteiger partial charge in [0.25, 0.3) is 0 Å². The standard InChI is InChI=1S/C9H15NO3/c1-2-3-7-13-8-5-4-6-10-9(11)12/h1,10H,3-8H2,(H,11,12). The van der Waals surface area contributed by atoms with Crippen molar-refractivity contribution < 1.29 is 14.6 Å². The minimum atomic E-state index is -0.978. The Morgan fingerprint density at radius 2 is 2.23 bits per heavy atom. The summed E-state index contributed by atoms with van der Waals surface area (Å²) in [5.74, 6) is 2.47. The van der Waals surface area contributed by atoms with Gasteiger partial charge in [0.1, 0.15) is 0 Å². The predicted molar refractivity (Wildman–Crippen MR) is 49.5 cm³/mol. The number of nitrogens with one attached hydrogen (secondary N) is 1. The molecule has 0 aromatic heterocycles. The van der Waals surface area contributed by atoms with Crippen molar-refractivity contribution in [3.8, 4) is 12.3 Å². The van der Waals surface area contributed by atoms with Crippen molar-refractivity contribution in [2.75, 3.05) is 19.8 Å². The average Bonchev–Trinajstić information content (AvgIpc) is 2.09. The molecule has 0 spiro atoms. The topological polar surface area (TPSA) is 58.6 Å². The van der Waals surface area contributed by atoms with Crippen LogP contribution in [0.15, 0.2) is 0 Å². The SMILES string of the molecule is C#CCCOCCCCNC(=O)O. The molecule has 0 aromatic rings. The zero-order chi connectivity index (χ0) is 9.94. The van der Waals surface area contributed by atoms with Crippen LogP contribution < -0.4 is 5.32 Å². The number of hydrogen-bond donors (Lipinski definition) is 2. The molecule has 0 atom stereocenters. The third kappa shape index (κ3) is 10.8. The minimum absolute atomic E-state index is 0.480. The summed E-state index contributed by atoms with van der Waals surface area (Å²) < 4.78 is 5.16. The van der Waals surface area contributed by atoms with Gasteiger partial charge in [-0.1, -0.05) is 0 Å². The number of rotatable bonds is 7. The van der Waals surface area contributed by atoms with E-state index in [0.717, 1.165) is 12.8 Å². The molecule has 0 aliphatic rings. The fourth-order valence-electron chi connectivity index (χ4n) is 0.758. The lowest BCUT2D eigenvalue weighted by Gasteiger charge is -2.01. The molecule has 2 N–H and O–H groups in total. The molecule has 0 rings (SSSR count). The Hall–Kier alpha value is -1.21. The van der Waals surface area contributed by atoms with Gasteiger partial charge in [0.2, 0.25) is 0 Å². The van der Waals surface area contributed by atoms with Crippen molar-refractivity contribution in [3.63, 3.8) is 0 Å². The van der Waals surface area contributed by atoms with Gasteiger partial charge >= 0.3 is 6.09 Å². The van der Waals surface area contributed by atoms with E-state index in [9.17, 15) is 4.79 Å². The van der Waals surface area contributed by atoms with Gasteiger partial charge in [0.05, 0.1) is 6.61 Å². The number of carboxylic acid groups (broad SMARTS) is 1. The molecule has 0 aromatic carbocycles. The van der Waals surface area contributed by atoms with E-state index in [1.54, 1.807) is 0 Å². The van der Waals surface area contributed by atoms with Crippen molar-refractivity contribution in [1.82, 2.24) is 5.32 Å². The second kappa shape index (κ2) is 8.88.